The number of hydrazine groups is 1. The predicted octanol–water partition coefficient (Wildman–Crippen LogP) is 0.399. The summed E-state index contributed by atoms with van der Waals surface area (Å²) in [7, 11) is 1.71. The first-order valence-corrected chi connectivity index (χ1v) is 5.72. The van der Waals surface area contributed by atoms with Gasteiger partial charge in [0.25, 0.3) is 5.91 Å². The summed E-state index contributed by atoms with van der Waals surface area (Å²) < 4.78 is 0. The molecule has 5 nitrogen and oxygen atoms in total. The second kappa shape index (κ2) is 3.85. The van der Waals surface area contributed by atoms with Crippen molar-refractivity contribution >= 4 is 11.7 Å². The van der Waals surface area contributed by atoms with Crippen LogP contribution in [0, 0.1) is 0 Å². The molecule has 2 aliphatic rings. The molecule has 5 heteroatoms. The molecule has 1 unspecified atom stereocenters. The number of fused-ring (bicyclic) bond motifs is 1. The summed E-state index contributed by atoms with van der Waals surface area (Å²) >= 11 is 0. The maximum absolute atomic E-state index is 11.9. The Bertz CT molecular complexity index is 471. The van der Waals surface area contributed by atoms with Crippen LogP contribution in [-0.2, 0) is 4.79 Å². The molecule has 0 aliphatic carbocycles. The van der Waals surface area contributed by atoms with Crippen LogP contribution in [0.15, 0.2) is 35.4 Å². The summed E-state index contributed by atoms with van der Waals surface area (Å²) in [5.41, 5.74) is 4.23. The van der Waals surface area contributed by atoms with Gasteiger partial charge in [0, 0.05) is 19.2 Å². The smallest absolute Gasteiger partial charge is 0.266 e. The largest absolute Gasteiger partial charge is 0.277 e. The van der Waals surface area contributed by atoms with Gasteiger partial charge in [0.1, 0.15) is 6.04 Å². The lowest BCUT2D eigenvalue weighted by atomic mass is 10.1. The molecule has 3 rings (SSSR count). The first kappa shape index (κ1) is 10.3. The van der Waals surface area contributed by atoms with Gasteiger partial charge < -0.3 is 0 Å². The number of carbonyl (C=O) groups excluding carboxylic acids is 1. The van der Waals surface area contributed by atoms with Crippen LogP contribution in [-0.4, -0.2) is 41.4 Å². The van der Waals surface area contributed by atoms with Gasteiger partial charge in [-0.2, -0.15) is 5.10 Å². The molecule has 1 atom stereocenters. The molecule has 88 valence electrons. The van der Waals surface area contributed by atoms with E-state index in [0.717, 1.165) is 24.4 Å². The fourth-order valence-corrected chi connectivity index (χ4v) is 2.26. The average molecular weight is 230 g/mol. The van der Waals surface area contributed by atoms with Gasteiger partial charge in [-0.25, -0.2) is 10.4 Å². The molecular formula is C12H14N4O. The third-order valence-corrected chi connectivity index (χ3v) is 3.12. The zero-order valence-corrected chi connectivity index (χ0v) is 9.63. The van der Waals surface area contributed by atoms with Crippen LogP contribution in [0.4, 0.5) is 0 Å². The van der Waals surface area contributed by atoms with Gasteiger partial charge in [0.05, 0.1) is 0 Å². The Hall–Kier alpha value is -1.88. The first-order valence-electron chi connectivity index (χ1n) is 5.72. The second-order valence-electron chi connectivity index (χ2n) is 4.23. The molecule has 1 fully saturated rings. The predicted molar refractivity (Wildman–Crippen MR) is 64.0 cm³/mol. The standard InChI is InChI=1S/C12H14N4O/c1-15-12(17)10-7-8-13-16(10)11(14-15)9-5-3-2-4-6-9/h2-6,10,13H,7-8H2,1H3. The minimum Gasteiger partial charge on any atom is -0.277 e. The van der Waals surface area contributed by atoms with E-state index in [4.69, 9.17) is 0 Å². The molecule has 0 radical (unpaired) electrons. The first-order chi connectivity index (χ1) is 8.27. The number of hydrazone groups is 1. The molecule has 17 heavy (non-hydrogen) atoms. The molecule has 2 heterocycles. The highest BCUT2D eigenvalue weighted by atomic mass is 16.2. The lowest BCUT2D eigenvalue weighted by molar-refractivity contribution is -0.135. The lowest BCUT2D eigenvalue weighted by Crippen LogP contribution is -2.54. The minimum absolute atomic E-state index is 0.0506. The number of likely N-dealkylation sites (N-methyl/N-ethyl adjacent to an activating group) is 1. The van der Waals surface area contributed by atoms with Crippen LogP contribution in [0.3, 0.4) is 0 Å². The molecule has 2 aliphatic heterocycles. The van der Waals surface area contributed by atoms with Crippen LogP contribution in [0.2, 0.25) is 0 Å². The lowest BCUT2D eigenvalue weighted by Gasteiger charge is -2.33. The van der Waals surface area contributed by atoms with Crippen molar-refractivity contribution in [3.8, 4) is 0 Å². The Kier molecular flexibility index (Phi) is 2.33. The summed E-state index contributed by atoms with van der Waals surface area (Å²) in [6, 6.07) is 9.79. The molecular weight excluding hydrogens is 216 g/mol. The molecule has 0 aromatic heterocycles. The van der Waals surface area contributed by atoms with E-state index in [2.05, 4.69) is 10.5 Å². The number of nitrogens with zero attached hydrogens (tertiary/aromatic N) is 3. The monoisotopic (exact) mass is 230 g/mol. The molecule has 1 N–H and O–H groups in total. The highest BCUT2D eigenvalue weighted by Gasteiger charge is 2.39. The SMILES string of the molecule is CN1N=C(c2ccccc2)N2NCCC2C1=O. The molecule has 0 saturated carbocycles. The van der Waals surface area contributed by atoms with Crippen molar-refractivity contribution < 1.29 is 4.79 Å². The maximum Gasteiger partial charge on any atom is 0.266 e. The molecule has 0 bridgehead atoms. The van der Waals surface area contributed by atoms with Crippen molar-refractivity contribution in [2.45, 2.75) is 12.5 Å². The van der Waals surface area contributed by atoms with Crippen molar-refractivity contribution in [2.24, 2.45) is 5.10 Å². The summed E-state index contributed by atoms with van der Waals surface area (Å²) in [6.45, 7) is 0.816. The van der Waals surface area contributed by atoms with E-state index in [0.29, 0.717) is 0 Å². The fourth-order valence-electron chi connectivity index (χ4n) is 2.26. The van der Waals surface area contributed by atoms with Gasteiger partial charge in [-0.15, -0.1) is 0 Å². The quantitative estimate of drug-likeness (QED) is 0.759. The zero-order valence-electron chi connectivity index (χ0n) is 9.63. The van der Waals surface area contributed by atoms with Gasteiger partial charge in [0.15, 0.2) is 5.84 Å². The number of rotatable bonds is 1. The Morgan fingerprint density at radius 3 is 2.88 bits per heavy atom. The van der Waals surface area contributed by atoms with Gasteiger partial charge in [0.2, 0.25) is 0 Å². The summed E-state index contributed by atoms with van der Waals surface area (Å²) in [5.74, 6) is 0.866. The highest BCUT2D eigenvalue weighted by molar-refractivity contribution is 6.03. The van der Waals surface area contributed by atoms with E-state index in [1.807, 2.05) is 35.3 Å². The van der Waals surface area contributed by atoms with Gasteiger partial charge in [-0.1, -0.05) is 30.3 Å². The van der Waals surface area contributed by atoms with E-state index in [1.165, 1.54) is 5.01 Å². The van der Waals surface area contributed by atoms with E-state index in [1.54, 1.807) is 7.05 Å². The van der Waals surface area contributed by atoms with Crippen LogP contribution < -0.4 is 5.43 Å². The van der Waals surface area contributed by atoms with Crippen molar-refractivity contribution in [1.29, 1.82) is 0 Å². The van der Waals surface area contributed by atoms with Crippen LogP contribution in [0.1, 0.15) is 12.0 Å². The highest BCUT2D eigenvalue weighted by Crippen LogP contribution is 2.20. The normalized spacial score (nSPS) is 23.7. The number of amidine groups is 1. The number of hydrogen-bond donors (Lipinski definition) is 1. The number of hydrogen-bond acceptors (Lipinski definition) is 4. The zero-order chi connectivity index (χ0) is 11.8. The minimum atomic E-state index is -0.118. The maximum atomic E-state index is 11.9. The Labute approximate surface area is 99.7 Å². The summed E-state index contributed by atoms with van der Waals surface area (Å²) in [6.07, 6.45) is 0.828. The van der Waals surface area contributed by atoms with Crippen LogP contribution in [0.5, 0.6) is 0 Å². The van der Waals surface area contributed by atoms with Crippen LogP contribution >= 0.6 is 0 Å². The molecule has 1 aromatic rings. The Morgan fingerprint density at radius 2 is 2.12 bits per heavy atom. The third kappa shape index (κ3) is 1.59. The topological polar surface area (TPSA) is 47.9 Å². The van der Waals surface area contributed by atoms with Crippen molar-refractivity contribution in [2.75, 3.05) is 13.6 Å². The van der Waals surface area contributed by atoms with Crippen LogP contribution in [0.25, 0.3) is 0 Å². The summed E-state index contributed by atoms with van der Waals surface area (Å²) in [5, 5.41) is 7.67. The van der Waals surface area contributed by atoms with Crippen molar-refractivity contribution in [3.63, 3.8) is 0 Å². The Morgan fingerprint density at radius 1 is 1.35 bits per heavy atom. The fraction of sp³-hybridized carbons (Fsp3) is 0.333. The van der Waals surface area contributed by atoms with E-state index < -0.39 is 0 Å². The van der Waals surface area contributed by atoms with Gasteiger partial charge >= 0.3 is 0 Å². The molecule has 1 amide bonds. The van der Waals surface area contributed by atoms with Crippen molar-refractivity contribution in [1.82, 2.24) is 15.4 Å². The number of carbonyl (C=O) groups is 1. The third-order valence-electron chi connectivity index (χ3n) is 3.12. The number of benzene rings is 1. The average Bonchev–Trinajstić information content (AvgIpc) is 2.84. The van der Waals surface area contributed by atoms with E-state index in [9.17, 15) is 4.79 Å². The van der Waals surface area contributed by atoms with Gasteiger partial charge in [-0.3, -0.25) is 9.80 Å². The van der Waals surface area contributed by atoms with Crippen molar-refractivity contribution in [3.05, 3.63) is 35.9 Å². The van der Waals surface area contributed by atoms with E-state index in [-0.39, 0.29) is 11.9 Å². The number of nitrogens with one attached hydrogen (secondary N) is 1. The molecule has 1 saturated heterocycles. The van der Waals surface area contributed by atoms with Gasteiger partial charge in [-0.05, 0) is 6.42 Å². The summed E-state index contributed by atoms with van der Waals surface area (Å²) in [4.78, 5) is 11.9. The van der Waals surface area contributed by atoms with E-state index >= 15 is 0 Å². The Balaban J connectivity index is 2.04. The molecule has 0 spiro atoms. The number of amides is 1. The molecule has 1 aromatic carbocycles. The second-order valence-corrected chi connectivity index (χ2v) is 4.23.